The topological polar surface area (TPSA) is 88.2 Å². The minimum absolute atomic E-state index is 0.0180. The number of nitrogens with one attached hydrogen (secondary N) is 2. The number of aryl methyl sites for hydroxylation is 1. The number of thioether (sulfide) groups is 1. The average molecular weight is 912 g/mol. The highest BCUT2D eigenvalue weighted by atomic mass is 35.5. The second-order valence-electron chi connectivity index (χ2n) is 16.5. The summed E-state index contributed by atoms with van der Waals surface area (Å²) >= 11 is 7.90. The zero-order chi connectivity index (χ0) is 44.3. The third kappa shape index (κ3) is 12.4. The minimum Gasteiger partial charge on any atom is -0.381 e. The standard InChI is InChI=1S/C50H60ClFN6O3S2/c1-4-57(5-2)49-26-28-55(35-47(49)52)27-25-42(36-62-44-12-7-6-8-13-44)53-48-24-23-45(33-37(48)3)63(60,61)54-50(59)39-17-21-43(22-18-39)58-31-29-56(30-32-58)34-40-11-9-10-14-46(40)38-15-19-41(51)20-16-38/h6-24,33,42,47,49,53H,4-5,25-32,34-36H2,1-3H3,(H,54,59)/t42-,47?,49?/m1/s1. The van der Waals surface area contributed by atoms with Crippen LogP contribution in [0, 0.1) is 6.92 Å². The molecule has 2 heterocycles. The van der Waals surface area contributed by atoms with Gasteiger partial charge in [0.2, 0.25) is 0 Å². The highest BCUT2D eigenvalue weighted by molar-refractivity contribution is 7.99. The molecule has 2 N–H and O–H groups in total. The first kappa shape index (κ1) is 46.6. The lowest BCUT2D eigenvalue weighted by Gasteiger charge is -2.40. The number of carbonyl (C=O) groups is 1. The van der Waals surface area contributed by atoms with Crippen molar-refractivity contribution < 1.29 is 17.6 Å². The number of halogens is 2. The van der Waals surface area contributed by atoms with Gasteiger partial charge in [-0.1, -0.05) is 80.0 Å². The number of alkyl halides is 1. The summed E-state index contributed by atoms with van der Waals surface area (Å²) in [5, 5.41) is 4.39. The fourth-order valence-corrected chi connectivity index (χ4v) is 10.9. The summed E-state index contributed by atoms with van der Waals surface area (Å²) in [5.74, 6) is 0.102. The van der Waals surface area contributed by atoms with Gasteiger partial charge < -0.3 is 15.1 Å². The van der Waals surface area contributed by atoms with E-state index in [1.165, 1.54) is 22.1 Å². The van der Waals surface area contributed by atoms with Crippen LogP contribution < -0.4 is 14.9 Å². The van der Waals surface area contributed by atoms with Crippen LogP contribution in [0.4, 0.5) is 15.8 Å². The highest BCUT2D eigenvalue weighted by Gasteiger charge is 2.32. The van der Waals surface area contributed by atoms with Gasteiger partial charge >= 0.3 is 0 Å². The Morgan fingerprint density at radius 1 is 0.857 bits per heavy atom. The van der Waals surface area contributed by atoms with E-state index in [1.54, 1.807) is 36.0 Å². The molecule has 1 amide bonds. The number of hydrogen-bond donors (Lipinski definition) is 2. The molecule has 2 unspecified atom stereocenters. The molecule has 63 heavy (non-hydrogen) atoms. The predicted octanol–water partition coefficient (Wildman–Crippen LogP) is 9.47. The molecule has 334 valence electrons. The van der Waals surface area contributed by atoms with E-state index >= 15 is 4.39 Å². The lowest BCUT2D eigenvalue weighted by atomic mass is 9.99. The van der Waals surface area contributed by atoms with Gasteiger partial charge in [0.25, 0.3) is 15.9 Å². The van der Waals surface area contributed by atoms with Crippen molar-refractivity contribution in [3.63, 3.8) is 0 Å². The molecule has 0 aromatic heterocycles. The number of likely N-dealkylation sites (tertiary alicyclic amines) is 1. The predicted molar refractivity (Wildman–Crippen MR) is 259 cm³/mol. The van der Waals surface area contributed by atoms with Gasteiger partial charge in [0.1, 0.15) is 6.17 Å². The van der Waals surface area contributed by atoms with Gasteiger partial charge in [-0.25, -0.2) is 17.5 Å². The van der Waals surface area contributed by atoms with Gasteiger partial charge in [0.15, 0.2) is 0 Å². The van der Waals surface area contributed by atoms with Crippen LogP contribution in [0.25, 0.3) is 11.1 Å². The van der Waals surface area contributed by atoms with Gasteiger partial charge in [-0.3, -0.25) is 14.6 Å². The molecule has 2 saturated heterocycles. The average Bonchev–Trinajstić information content (AvgIpc) is 3.30. The Morgan fingerprint density at radius 3 is 2.24 bits per heavy atom. The Labute approximate surface area is 383 Å². The van der Waals surface area contributed by atoms with Crippen molar-refractivity contribution in [2.75, 3.05) is 74.9 Å². The fraction of sp³-hybridized carbons (Fsp3) is 0.380. The fourth-order valence-electron chi connectivity index (χ4n) is 8.73. The maximum Gasteiger partial charge on any atom is 0.264 e. The van der Waals surface area contributed by atoms with E-state index in [4.69, 9.17) is 11.6 Å². The molecule has 7 rings (SSSR count). The lowest BCUT2D eigenvalue weighted by Crippen LogP contribution is -2.52. The van der Waals surface area contributed by atoms with Crippen molar-refractivity contribution in [1.29, 1.82) is 0 Å². The molecule has 0 bridgehead atoms. The molecule has 9 nitrogen and oxygen atoms in total. The zero-order valence-electron chi connectivity index (χ0n) is 36.6. The largest absolute Gasteiger partial charge is 0.381 e. The third-order valence-electron chi connectivity index (χ3n) is 12.4. The zero-order valence-corrected chi connectivity index (χ0v) is 38.9. The summed E-state index contributed by atoms with van der Waals surface area (Å²) in [6, 6.07) is 38.7. The summed E-state index contributed by atoms with van der Waals surface area (Å²) < 4.78 is 44.7. The van der Waals surface area contributed by atoms with Gasteiger partial charge in [0.05, 0.1) is 4.90 Å². The Morgan fingerprint density at radius 2 is 1.56 bits per heavy atom. The van der Waals surface area contributed by atoms with Crippen LogP contribution in [0.15, 0.2) is 131 Å². The van der Waals surface area contributed by atoms with Crippen molar-refractivity contribution >= 4 is 50.7 Å². The van der Waals surface area contributed by atoms with Crippen molar-refractivity contribution in [3.05, 3.63) is 143 Å². The number of anilines is 2. The Kier molecular flexibility index (Phi) is 16.2. The van der Waals surface area contributed by atoms with Crippen molar-refractivity contribution in [2.45, 2.75) is 68.2 Å². The molecule has 5 aromatic carbocycles. The third-order valence-corrected chi connectivity index (χ3v) is 15.1. The molecule has 13 heteroatoms. The minimum atomic E-state index is -4.15. The molecule has 5 aromatic rings. The van der Waals surface area contributed by atoms with E-state index < -0.39 is 22.1 Å². The number of hydrogen-bond acceptors (Lipinski definition) is 9. The maximum absolute atomic E-state index is 15.3. The second-order valence-corrected chi connectivity index (χ2v) is 19.7. The van der Waals surface area contributed by atoms with E-state index in [2.05, 4.69) is 92.0 Å². The van der Waals surface area contributed by atoms with E-state index in [0.29, 0.717) is 6.54 Å². The van der Waals surface area contributed by atoms with E-state index in [-0.39, 0.29) is 22.5 Å². The first-order valence-corrected chi connectivity index (χ1v) is 25.0. The van der Waals surface area contributed by atoms with Crippen LogP contribution in [0.1, 0.15) is 48.2 Å². The second kappa shape index (κ2) is 22.0. The molecule has 0 saturated carbocycles. The first-order chi connectivity index (χ1) is 30.5. The van der Waals surface area contributed by atoms with E-state index in [0.717, 1.165) is 105 Å². The normalized spacial score (nSPS) is 18.0. The molecular formula is C50H60ClFN6O3S2. The van der Waals surface area contributed by atoms with E-state index in [9.17, 15) is 13.2 Å². The maximum atomic E-state index is 15.3. The quantitative estimate of drug-likeness (QED) is 0.0836. The molecule has 0 spiro atoms. The number of piperazine rings is 1. The van der Waals surface area contributed by atoms with Gasteiger partial charge in [-0.2, -0.15) is 0 Å². The van der Waals surface area contributed by atoms with Crippen molar-refractivity contribution in [3.8, 4) is 11.1 Å². The van der Waals surface area contributed by atoms with Crippen LogP contribution in [-0.4, -0.2) is 112 Å². The van der Waals surface area contributed by atoms with Crippen molar-refractivity contribution in [1.82, 2.24) is 19.4 Å². The van der Waals surface area contributed by atoms with Crippen LogP contribution in [0.5, 0.6) is 0 Å². The van der Waals surface area contributed by atoms with Crippen LogP contribution in [0.2, 0.25) is 5.02 Å². The summed E-state index contributed by atoms with van der Waals surface area (Å²) in [6.07, 6.45) is 0.738. The van der Waals surface area contributed by atoms with Crippen molar-refractivity contribution in [2.24, 2.45) is 0 Å². The highest BCUT2D eigenvalue weighted by Crippen LogP contribution is 2.29. The Bertz CT molecular complexity index is 2360. The lowest BCUT2D eigenvalue weighted by molar-refractivity contribution is 0.0383. The molecule has 2 fully saturated rings. The van der Waals surface area contributed by atoms with Crippen LogP contribution in [0.3, 0.4) is 0 Å². The number of benzene rings is 5. The molecular weight excluding hydrogens is 851 g/mol. The number of sulfonamides is 1. The van der Waals surface area contributed by atoms with Gasteiger partial charge in [-0.05, 0) is 128 Å². The number of rotatable bonds is 18. The van der Waals surface area contributed by atoms with Crippen LogP contribution >= 0.6 is 23.4 Å². The molecule has 3 atom stereocenters. The number of amides is 1. The van der Waals surface area contributed by atoms with Crippen LogP contribution in [-0.2, 0) is 16.6 Å². The SMILES string of the molecule is CCN(CC)C1CCN(CC[C@H](CSc2ccccc2)Nc2ccc(S(=O)(=O)NC(=O)c3ccc(N4CCN(Cc5ccccc5-c5ccc(Cl)cc5)CC4)cc3)cc2C)CC1F. The molecule has 2 aliphatic rings. The first-order valence-electron chi connectivity index (χ1n) is 22.1. The van der Waals surface area contributed by atoms with Gasteiger partial charge in [0, 0.05) is 90.5 Å². The summed E-state index contributed by atoms with van der Waals surface area (Å²) in [7, 11) is -4.15. The van der Waals surface area contributed by atoms with Gasteiger partial charge in [-0.15, -0.1) is 11.8 Å². The number of carbonyl (C=O) groups excluding carboxylic acids is 1. The summed E-state index contributed by atoms with van der Waals surface area (Å²) in [5.41, 5.74) is 6.45. The molecule has 0 aliphatic carbocycles. The monoisotopic (exact) mass is 910 g/mol. The Hall–Kier alpha value is -4.43. The van der Waals surface area contributed by atoms with E-state index in [1.807, 2.05) is 49.4 Å². The summed E-state index contributed by atoms with van der Waals surface area (Å²) in [6.45, 7) is 14.1. The molecule has 0 radical (unpaired) electrons. The molecule has 2 aliphatic heterocycles. The smallest absolute Gasteiger partial charge is 0.264 e. The number of piperidine rings is 1. The number of nitrogens with zero attached hydrogens (tertiary/aromatic N) is 4. The Balaban J connectivity index is 0.926. The summed E-state index contributed by atoms with van der Waals surface area (Å²) in [4.78, 5) is 23.7.